The third-order valence-electron chi connectivity index (χ3n) is 3.45. The Balaban J connectivity index is 2.20. The molecule has 0 unspecified atom stereocenters. The van der Waals surface area contributed by atoms with E-state index in [-0.39, 0.29) is 16.6 Å². The van der Waals surface area contributed by atoms with E-state index in [1.807, 2.05) is 19.9 Å². The molecule has 2 amide bonds. The summed E-state index contributed by atoms with van der Waals surface area (Å²) in [5.41, 5.74) is 1.87. The summed E-state index contributed by atoms with van der Waals surface area (Å²) in [5, 5.41) is 43.9. The number of hydrogen-bond acceptors (Lipinski definition) is 7. The number of urea groups is 1. The van der Waals surface area contributed by atoms with Crippen LogP contribution in [0.4, 0.5) is 27.5 Å². The van der Waals surface area contributed by atoms with E-state index in [0.717, 1.165) is 23.3 Å². The van der Waals surface area contributed by atoms with Gasteiger partial charge in [0.05, 0.1) is 5.69 Å². The Labute approximate surface area is 137 Å². The first-order valence-electron chi connectivity index (χ1n) is 6.89. The van der Waals surface area contributed by atoms with Gasteiger partial charge in [0.25, 0.3) is 0 Å². The van der Waals surface area contributed by atoms with Crippen molar-refractivity contribution in [2.45, 2.75) is 13.8 Å². The Morgan fingerprint density at radius 1 is 1.04 bits per heavy atom. The van der Waals surface area contributed by atoms with Crippen LogP contribution in [0.2, 0.25) is 0 Å². The predicted octanol–water partition coefficient (Wildman–Crippen LogP) is 3.33. The summed E-state index contributed by atoms with van der Waals surface area (Å²) in [7, 11) is 0. The zero-order chi connectivity index (χ0) is 17.9. The average molecular weight is 332 g/mol. The van der Waals surface area contributed by atoms with Gasteiger partial charge in [-0.2, -0.15) is 0 Å². The number of amides is 2. The van der Waals surface area contributed by atoms with Crippen LogP contribution in [0.5, 0.6) is 0 Å². The van der Waals surface area contributed by atoms with Crippen molar-refractivity contribution in [3.63, 3.8) is 0 Å². The van der Waals surface area contributed by atoms with Gasteiger partial charge in [-0.1, -0.05) is 12.1 Å². The first-order valence-corrected chi connectivity index (χ1v) is 6.89. The Bertz CT molecular complexity index is 722. The Kier molecular flexibility index (Phi) is 5.21. The van der Waals surface area contributed by atoms with Gasteiger partial charge in [-0.25, -0.2) is 4.79 Å². The quantitative estimate of drug-likeness (QED) is 0.631. The van der Waals surface area contributed by atoms with Gasteiger partial charge in [-0.15, -0.1) is 5.23 Å². The minimum absolute atomic E-state index is 0.0371. The van der Waals surface area contributed by atoms with Crippen LogP contribution < -0.4 is 21.1 Å². The van der Waals surface area contributed by atoms with E-state index >= 15 is 0 Å². The second-order valence-corrected chi connectivity index (χ2v) is 5.11. The molecule has 2 rings (SSSR count). The van der Waals surface area contributed by atoms with Crippen molar-refractivity contribution in [1.29, 1.82) is 0 Å². The molecule has 4 N–H and O–H groups in total. The zero-order valence-electron chi connectivity index (χ0n) is 13.0. The topological polar surface area (TPSA) is 134 Å². The van der Waals surface area contributed by atoms with Gasteiger partial charge >= 0.3 is 6.03 Å². The standard InChI is InChI=1S/C15H16N4O5/c1-9-4-3-5-14(10(9)2)17-15(20)16-11-6-12(18(21)22)8-13(7-11)19(23)24/h3-8,21-22H,1-2H3,(H2,16,17,20)/q-2. The molecule has 0 radical (unpaired) electrons. The van der Waals surface area contributed by atoms with Crippen molar-refractivity contribution >= 4 is 28.8 Å². The third-order valence-corrected chi connectivity index (χ3v) is 3.45. The van der Waals surface area contributed by atoms with Crippen LogP contribution in [-0.4, -0.2) is 16.4 Å². The van der Waals surface area contributed by atoms with Crippen LogP contribution in [0.15, 0.2) is 36.4 Å². The smallest absolute Gasteiger partial charge is 0.323 e. The van der Waals surface area contributed by atoms with Crippen molar-refractivity contribution in [2.75, 3.05) is 21.1 Å². The molecule has 0 saturated heterocycles. The molecule has 0 aromatic heterocycles. The first-order chi connectivity index (χ1) is 11.3. The number of carbonyl (C=O) groups excluding carboxylic acids is 1. The Morgan fingerprint density at radius 2 is 1.71 bits per heavy atom. The van der Waals surface area contributed by atoms with Crippen LogP contribution in [0.3, 0.4) is 0 Å². The number of aryl methyl sites for hydroxylation is 1. The van der Waals surface area contributed by atoms with Gasteiger partial charge in [0, 0.05) is 17.1 Å². The number of carbonyl (C=O) groups is 1. The highest BCUT2D eigenvalue weighted by Crippen LogP contribution is 2.27. The number of nitrogens with one attached hydrogen (secondary N) is 2. The number of hydrogen-bond donors (Lipinski definition) is 4. The monoisotopic (exact) mass is 332 g/mol. The molecule has 9 heteroatoms. The van der Waals surface area contributed by atoms with Crippen LogP contribution in [-0.2, 0) is 0 Å². The lowest BCUT2D eigenvalue weighted by molar-refractivity contribution is 0.0292. The first kappa shape index (κ1) is 17.5. The van der Waals surface area contributed by atoms with E-state index in [0.29, 0.717) is 5.69 Å². The van der Waals surface area contributed by atoms with Gasteiger partial charge in [0.15, 0.2) is 0 Å². The Morgan fingerprint density at radius 3 is 2.33 bits per heavy atom. The molecule has 0 aliphatic heterocycles. The molecule has 0 atom stereocenters. The van der Waals surface area contributed by atoms with Crippen LogP contribution in [0, 0.1) is 24.3 Å². The lowest BCUT2D eigenvalue weighted by Crippen LogP contribution is -2.21. The van der Waals surface area contributed by atoms with E-state index in [4.69, 9.17) is 10.4 Å². The number of benzene rings is 2. The number of nitrogens with zero attached hydrogens (tertiary/aromatic N) is 2. The summed E-state index contributed by atoms with van der Waals surface area (Å²) >= 11 is 0. The van der Waals surface area contributed by atoms with E-state index in [2.05, 4.69) is 10.6 Å². The van der Waals surface area contributed by atoms with Gasteiger partial charge < -0.3 is 26.3 Å². The maximum absolute atomic E-state index is 12.1. The molecule has 128 valence electrons. The summed E-state index contributed by atoms with van der Waals surface area (Å²) in [4.78, 5) is 12.1. The largest absolute Gasteiger partial charge is 0.769 e. The van der Waals surface area contributed by atoms with Crippen molar-refractivity contribution in [3.8, 4) is 0 Å². The summed E-state index contributed by atoms with van der Waals surface area (Å²) < 4.78 is 0. The second kappa shape index (κ2) is 7.15. The van der Waals surface area contributed by atoms with Gasteiger partial charge in [-0.05, 0) is 49.2 Å². The molecule has 0 spiro atoms. The summed E-state index contributed by atoms with van der Waals surface area (Å²) in [5.74, 6) is 0. The highest BCUT2D eigenvalue weighted by atomic mass is 16.8. The Hall–Kier alpha value is -2.85. The summed E-state index contributed by atoms with van der Waals surface area (Å²) in [6.45, 7) is 3.76. The zero-order valence-corrected chi connectivity index (χ0v) is 13.0. The lowest BCUT2D eigenvalue weighted by atomic mass is 10.1. The predicted molar refractivity (Wildman–Crippen MR) is 90.3 cm³/mol. The van der Waals surface area contributed by atoms with Gasteiger partial charge in [-0.3, -0.25) is 10.4 Å². The molecule has 0 bridgehead atoms. The van der Waals surface area contributed by atoms with Crippen LogP contribution in [0.25, 0.3) is 0 Å². The second-order valence-electron chi connectivity index (χ2n) is 5.11. The van der Waals surface area contributed by atoms with E-state index in [9.17, 15) is 15.2 Å². The minimum atomic E-state index is -0.708. The van der Waals surface area contributed by atoms with Crippen molar-refractivity contribution in [2.24, 2.45) is 0 Å². The average Bonchev–Trinajstić information content (AvgIpc) is 2.51. The molecule has 0 heterocycles. The molecule has 0 aliphatic rings. The fraction of sp³-hybridized carbons (Fsp3) is 0.133. The number of rotatable bonds is 4. The van der Waals surface area contributed by atoms with Crippen molar-refractivity contribution in [3.05, 3.63) is 57.9 Å². The molecule has 9 nitrogen and oxygen atoms in total. The lowest BCUT2D eigenvalue weighted by Gasteiger charge is -2.38. The fourth-order valence-electron chi connectivity index (χ4n) is 2.06. The molecule has 2 aromatic rings. The van der Waals surface area contributed by atoms with Crippen molar-refractivity contribution in [1.82, 2.24) is 0 Å². The van der Waals surface area contributed by atoms with Gasteiger partial charge in [0.1, 0.15) is 0 Å². The highest BCUT2D eigenvalue weighted by molar-refractivity contribution is 6.01. The molecule has 0 saturated carbocycles. The molecule has 0 fully saturated rings. The molecular weight excluding hydrogens is 316 g/mol. The fourth-order valence-corrected chi connectivity index (χ4v) is 2.06. The van der Waals surface area contributed by atoms with Crippen LogP contribution in [0.1, 0.15) is 11.1 Å². The maximum atomic E-state index is 12.1. The number of anilines is 4. The molecular formula is C15H16N4O5-2. The summed E-state index contributed by atoms with van der Waals surface area (Å²) in [6.07, 6.45) is 0. The van der Waals surface area contributed by atoms with Gasteiger partial charge in [0.2, 0.25) is 0 Å². The van der Waals surface area contributed by atoms with Crippen molar-refractivity contribution < 1.29 is 15.2 Å². The van der Waals surface area contributed by atoms with Crippen LogP contribution >= 0.6 is 0 Å². The SMILES string of the molecule is Cc1cccc(NC(=O)Nc2cc(N([O-])[O-])cc(N(O)O)c2)c1C. The normalized spacial score (nSPS) is 10.2. The highest BCUT2D eigenvalue weighted by Gasteiger charge is 2.09. The van der Waals surface area contributed by atoms with E-state index in [1.165, 1.54) is 6.07 Å². The maximum Gasteiger partial charge on any atom is 0.323 e. The minimum Gasteiger partial charge on any atom is -0.769 e. The molecule has 2 aromatic carbocycles. The summed E-state index contributed by atoms with van der Waals surface area (Å²) in [6, 6.07) is 8.04. The van der Waals surface area contributed by atoms with E-state index < -0.39 is 16.9 Å². The molecule has 24 heavy (non-hydrogen) atoms. The molecule has 0 aliphatic carbocycles. The van der Waals surface area contributed by atoms with E-state index in [1.54, 1.807) is 12.1 Å². The third kappa shape index (κ3) is 4.12.